The van der Waals surface area contributed by atoms with Crippen molar-refractivity contribution in [3.8, 4) is 0 Å². The highest BCUT2D eigenvalue weighted by atomic mass is 16.5. The smallest absolute Gasteiger partial charge is 0.340 e. The first-order valence-corrected chi connectivity index (χ1v) is 8.88. The Morgan fingerprint density at radius 1 is 1.28 bits per heavy atom. The zero-order chi connectivity index (χ0) is 18.4. The third kappa shape index (κ3) is 5.31. The molecule has 0 aromatic carbocycles. The Kier molecular flexibility index (Phi) is 7.01. The quantitative estimate of drug-likeness (QED) is 0.576. The molecule has 1 aliphatic heterocycles. The van der Waals surface area contributed by atoms with Gasteiger partial charge in [0.15, 0.2) is 0 Å². The topological polar surface area (TPSA) is 83.7 Å². The summed E-state index contributed by atoms with van der Waals surface area (Å²) in [6, 6.07) is 0. The van der Waals surface area contributed by atoms with Gasteiger partial charge in [0.05, 0.1) is 24.9 Å². The second-order valence-electron chi connectivity index (χ2n) is 6.64. The van der Waals surface area contributed by atoms with E-state index < -0.39 is 5.97 Å². The van der Waals surface area contributed by atoms with E-state index in [0.29, 0.717) is 29.1 Å². The molecule has 1 aliphatic rings. The molecule has 7 nitrogen and oxygen atoms in total. The average Bonchev–Trinajstić information content (AvgIpc) is 2.86. The van der Waals surface area contributed by atoms with E-state index in [9.17, 15) is 9.59 Å². The Bertz CT molecular complexity index is 604. The van der Waals surface area contributed by atoms with Gasteiger partial charge in [-0.25, -0.2) is 4.79 Å². The van der Waals surface area contributed by atoms with Gasteiger partial charge < -0.3 is 19.8 Å². The fraction of sp³-hybridized carbons (Fsp3) is 0.667. The van der Waals surface area contributed by atoms with E-state index in [1.807, 2.05) is 0 Å². The van der Waals surface area contributed by atoms with Crippen molar-refractivity contribution in [2.75, 3.05) is 39.4 Å². The molecule has 1 amide bonds. The largest absolute Gasteiger partial charge is 0.459 e. The Morgan fingerprint density at radius 3 is 2.60 bits per heavy atom. The molecule has 2 rings (SSSR count). The maximum absolute atomic E-state index is 12.4. The summed E-state index contributed by atoms with van der Waals surface area (Å²) in [7, 11) is 0. The van der Waals surface area contributed by atoms with Crippen molar-refractivity contribution in [3.63, 3.8) is 0 Å². The first kappa shape index (κ1) is 19.5. The number of amides is 1. The number of hydrogen-bond acceptors (Lipinski definition) is 5. The number of ether oxygens (including phenoxy) is 2. The van der Waals surface area contributed by atoms with Crippen molar-refractivity contribution < 1.29 is 19.1 Å². The summed E-state index contributed by atoms with van der Waals surface area (Å²) in [6.45, 7) is 12.1. The van der Waals surface area contributed by atoms with Gasteiger partial charge in [-0.3, -0.25) is 9.69 Å². The van der Waals surface area contributed by atoms with Gasteiger partial charge in [-0.1, -0.05) is 0 Å². The van der Waals surface area contributed by atoms with Crippen molar-refractivity contribution in [1.82, 2.24) is 15.2 Å². The van der Waals surface area contributed by atoms with Crippen LogP contribution < -0.4 is 5.32 Å². The van der Waals surface area contributed by atoms with Crippen LogP contribution in [0.1, 0.15) is 52.4 Å². The molecule has 7 heteroatoms. The van der Waals surface area contributed by atoms with E-state index in [1.165, 1.54) is 0 Å². The summed E-state index contributed by atoms with van der Waals surface area (Å²) in [5.41, 5.74) is 2.17. The molecule has 2 N–H and O–H groups in total. The van der Waals surface area contributed by atoms with E-state index in [1.54, 1.807) is 27.7 Å². The third-order valence-electron chi connectivity index (χ3n) is 4.25. The predicted octanol–water partition coefficient (Wildman–Crippen LogP) is 1.65. The van der Waals surface area contributed by atoms with Gasteiger partial charge >= 0.3 is 5.97 Å². The van der Waals surface area contributed by atoms with Gasteiger partial charge in [0.25, 0.3) is 5.91 Å². The molecule has 1 aromatic heterocycles. The predicted molar refractivity (Wildman–Crippen MR) is 95.0 cm³/mol. The molecule has 0 unspecified atom stereocenters. The van der Waals surface area contributed by atoms with Crippen LogP contribution in [0.15, 0.2) is 0 Å². The first-order chi connectivity index (χ1) is 11.9. The minimum Gasteiger partial charge on any atom is -0.459 e. The normalized spacial score (nSPS) is 15.4. The van der Waals surface area contributed by atoms with Gasteiger partial charge in [0.2, 0.25) is 0 Å². The number of hydrogen-bond donors (Lipinski definition) is 2. The molecule has 25 heavy (non-hydrogen) atoms. The molecule has 0 saturated carbocycles. The van der Waals surface area contributed by atoms with E-state index in [-0.39, 0.29) is 12.0 Å². The van der Waals surface area contributed by atoms with Gasteiger partial charge in [0.1, 0.15) is 5.69 Å². The molecule has 0 radical (unpaired) electrons. The van der Waals surface area contributed by atoms with Crippen LogP contribution in [0.25, 0.3) is 0 Å². The number of esters is 1. The van der Waals surface area contributed by atoms with E-state index in [4.69, 9.17) is 9.47 Å². The maximum atomic E-state index is 12.4. The molecular formula is C18H29N3O4. The van der Waals surface area contributed by atoms with Gasteiger partial charge in [0, 0.05) is 25.3 Å². The highest BCUT2D eigenvalue weighted by Crippen LogP contribution is 2.19. The molecule has 0 aliphatic carbocycles. The lowest BCUT2D eigenvalue weighted by Crippen LogP contribution is -2.38. The summed E-state index contributed by atoms with van der Waals surface area (Å²) in [4.78, 5) is 29.9. The van der Waals surface area contributed by atoms with E-state index in [2.05, 4.69) is 15.2 Å². The number of aryl methyl sites for hydroxylation is 1. The van der Waals surface area contributed by atoms with Crippen LogP contribution in [0, 0.1) is 13.8 Å². The molecule has 2 heterocycles. The Morgan fingerprint density at radius 2 is 1.96 bits per heavy atom. The molecular weight excluding hydrogens is 322 g/mol. The van der Waals surface area contributed by atoms with Crippen molar-refractivity contribution in [3.05, 3.63) is 22.5 Å². The number of aromatic nitrogens is 1. The van der Waals surface area contributed by atoms with Crippen LogP contribution in [0.4, 0.5) is 0 Å². The number of rotatable bonds is 7. The summed E-state index contributed by atoms with van der Waals surface area (Å²) in [5.74, 6) is -0.584. The van der Waals surface area contributed by atoms with Crippen LogP contribution >= 0.6 is 0 Å². The molecule has 1 aromatic rings. The second kappa shape index (κ2) is 9.01. The minimum atomic E-state index is -0.396. The SMILES string of the molecule is Cc1[nH]c(C(=O)NCCCN2CCOCC2)c(C)c1C(=O)OC(C)C. The van der Waals surface area contributed by atoms with Gasteiger partial charge in [-0.2, -0.15) is 0 Å². The van der Waals surface area contributed by atoms with E-state index >= 15 is 0 Å². The number of aromatic amines is 1. The number of nitrogens with zero attached hydrogens (tertiary/aromatic N) is 1. The van der Waals surface area contributed by atoms with Crippen molar-refractivity contribution in [2.45, 2.75) is 40.2 Å². The van der Waals surface area contributed by atoms with Crippen LogP contribution in [0.3, 0.4) is 0 Å². The molecule has 0 spiro atoms. The monoisotopic (exact) mass is 351 g/mol. The molecule has 1 saturated heterocycles. The molecule has 0 atom stereocenters. The summed E-state index contributed by atoms with van der Waals surface area (Å²) in [5, 5.41) is 2.92. The van der Waals surface area contributed by atoms with Crippen molar-refractivity contribution in [1.29, 1.82) is 0 Å². The number of nitrogens with one attached hydrogen (secondary N) is 2. The number of H-pyrrole nitrogens is 1. The van der Waals surface area contributed by atoms with Gasteiger partial charge in [-0.05, 0) is 46.2 Å². The molecule has 1 fully saturated rings. The summed E-state index contributed by atoms with van der Waals surface area (Å²) >= 11 is 0. The fourth-order valence-electron chi connectivity index (χ4n) is 2.97. The fourth-order valence-corrected chi connectivity index (χ4v) is 2.97. The molecule has 0 bridgehead atoms. The summed E-state index contributed by atoms with van der Waals surface area (Å²) in [6.07, 6.45) is 0.686. The van der Waals surface area contributed by atoms with Crippen LogP contribution in [-0.2, 0) is 9.47 Å². The number of carbonyl (C=O) groups excluding carboxylic acids is 2. The van der Waals surface area contributed by atoms with Crippen LogP contribution in [-0.4, -0.2) is 67.3 Å². The minimum absolute atomic E-state index is 0.189. The van der Waals surface area contributed by atoms with Crippen LogP contribution in [0.5, 0.6) is 0 Å². The lowest BCUT2D eigenvalue weighted by atomic mass is 10.1. The zero-order valence-electron chi connectivity index (χ0n) is 15.6. The Labute approximate surface area is 149 Å². The van der Waals surface area contributed by atoms with E-state index in [0.717, 1.165) is 39.3 Å². The average molecular weight is 351 g/mol. The van der Waals surface area contributed by atoms with Crippen molar-refractivity contribution in [2.24, 2.45) is 0 Å². The molecule has 140 valence electrons. The van der Waals surface area contributed by atoms with Crippen LogP contribution in [0.2, 0.25) is 0 Å². The summed E-state index contributed by atoms with van der Waals surface area (Å²) < 4.78 is 10.6. The number of carbonyl (C=O) groups is 2. The highest BCUT2D eigenvalue weighted by molar-refractivity contribution is 6.00. The van der Waals surface area contributed by atoms with Crippen molar-refractivity contribution >= 4 is 11.9 Å². The standard InChI is InChI=1S/C18H29N3O4/c1-12(2)25-18(23)15-13(3)16(20-14(15)4)17(22)19-6-5-7-21-8-10-24-11-9-21/h12,20H,5-11H2,1-4H3,(H,19,22). The maximum Gasteiger partial charge on any atom is 0.340 e. The Balaban J connectivity index is 1.87. The first-order valence-electron chi connectivity index (χ1n) is 8.88. The third-order valence-corrected chi connectivity index (χ3v) is 4.25. The number of morpholine rings is 1. The second-order valence-corrected chi connectivity index (χ2v) is 6.64. The highest BCUT2D eigenvalue weighted by Gasteiger charge is 2.23. The lowest BCUT2D eigenvalue weighted by molar-refractivity contribution is 0.0372. The zero-order valence-corrected chi connectivity index (χ0v) is 15.6. The Hall–Kier alpha value is -1.86. The van der Waals surface area contributed by atoms with Gasteiger partial charge in [-0.15, -0.1) is 0 Å². The lowest BCUT2D eigenvalue weighted by Gasteiger charge is -2.26.